The van der Waals surface area contributed by atoms with Crippen LogP contribution < -0.4 is 0 Å². The molecule has 2 aromatic carbocycles. The van der Waals surface area contributed by atoms with Crippen LogP contribution in [0.4, 0.5) is 0 Å². The third-order valence-electron chi connectivity index (χ3n) is 4.23. The summed E-state index contributed by atoms with van der Waals surface area (Å²) in [5.41, 5.74) is 1.89. The van der Waals surface area contributed by atoms with Gasteiger partial charge in [0.2, 0.25) is 0 Å². The minimum Gasteiger partial charge on any atom is -0.477 e. The van der Waals surface area contributed by atoms with Gasteiger partial charge in [-0.3, -0.25) is 0 Å². The fourth-order valence-electron chi connectivity index (χ4n) is 2.80. The Morgan fingerprint density at radius 3 is 2.33 bits per heavy atom. The van der Waals surface area contributed by atoms with E-state index in [-0.39, 0.29) is 0 Å². The van der Waals surface area contributed by atoms with Crippen LogP contribution in [-0.4, -0.2) is 13.1 Å². The molecule has 3 nitrogen and oxygen atoms in total. The maximum Gasteiger partial charge on any atom is 0.342 e. The fraction of sp³-hybridized carbons (Fsp3) is 0.150. The molecular weight excluding hydrogens is 368 g/mol. The van der Waals surface area contributed by atoms with Gasteiger partial charge in [-0.2, -0.15) is 0 Å². The predicted octanol–water partition coefficient (Wildman–Crippen LogP) is 4.84. The number of rotatable bonds is 3. The number of benzene rings is 2. The van der Waals surface area contributed by atoms with Gasteiger partial charge in [0.05, 0.1) is 7.11 Å². The first kappa shape index (κ1) is 16.5. The Balaban J connectivity index is 2.12. The second kappa shape index (κ2) is 6.29. The number of carbonyl (C=O) groups is 1. The average Bonchev–Trinajstić information content (AvgIpc) is 2.88. The van der Waals surface area contributed by atoms with Crippen molar-refractivity contribution in [2.45, 2.75) is 12.5 Å². The molecule has 0 spiro atoms. The van der Waals surface area contributed by atoms with Crippen molar-refractivity contribution in [3.8, 4) is 0 Å². The number of methoxy groups -OCH3 is 1. The Morgan fingerprint density at radius 2 is 1.75 bits per heavy atom. The minimum absolute atomic E-state index is 0.383. The summed E-state index contributed by atoms with van der Waals surface area (Å²) in [5.74, 6) is 0.0533. The lowest BCUT2D eigenvalue weighted by Crippen LogP contribution is -2.24. The molecule has 2 aromatic rings. The summed E-state index contributed by atoms with van der Waals surface area (Å²) < 4.78 is 12.2. The van der Waals surface area contributed by atoms with Crippen LogP contribution in [0.3, 0.4) is 0 Å². The molecule has 0 unspecified atom stereocenters. The van der Waals surface area contributed by atoms with Crippen LogP contribution in [0.5, 0.6) is 0 Å². The van der Waals surface area contributed by atoms with E-state index in [4.69, 9.17) is 9.47 Å². The van der Waals surface area contributed by atoms with Crippen molar-refractivity contribution in [1.29, 1.82) is 0 Å². The van der Waals surface area contributed by atoms with Crippen molar-refractivity contribution >= 4 is 27.7 Å². The summed E-state index contributed by atoms with van der Waals surface area (Å²) in [4.78, 5) is 12.4. The molecule has 0 aliphatic carbocycles. The van der Waals surface area contributed by atoms with Crippen LogP contribution in [0.15, 0.2) is 76.8 Å². The van der Waals surface area contributed by atoms with E-state index in [0.29, 0.717) is 16.9 Å². The smallest absolute Gasteiger partial charge is 0.342 e. The highest BCUT2D eigenvalue weighted by Gasteiger charge is 2.45. The number of ether oxygens (including phenoxy) is 2. The summed E-state index contributed by atoms with van der Waals surface area (Å²) in [6, 6.07) is 17.3. The Morgan fingerprint density at radius 1 is 1.12 bits per heavy atom. The first-order chi connectivity index (χ1) is 11.5. The van der Waals surface area contributed by atoms with Crippen LogP contribution in [0.2, 0.25) is 0 Å². The van der Waals surface area contributed by atoms with Gasteiger partial charge in [0.1, 0.15) is 11.3 Å². The quantitative estimate of drug-likeness (QED) is 0.710. The minimum atomic E-state index is -0.824. The van der Waals surface area contributed by atoms with E-state index in [1.165, 1.54) is 7.11 Å². The highest BCUT2D eigenvalue weighted by Crippen LogP contribution is 2.48. The largest absolute Gasteiger partial charge is 0.477 e. The molecule has 0 fully saturated rings. The maximum absolute atomic E-state index is 12.4. The van der Waals surface area contributed by atoms with Crippen molar-refractivity contribution in [1.82, 2.24) is 0 Å². The van der Waals surface area contributed by atoms with Crippen LogP contribution in [0, 0.1) is 0 Å². The SMILES string of the molecule is C=C1C(C(=O)OC)=C(c2ccccc2)O[C@@]1(C)c1ccc(Br)cc1. The molecule has 3 rings (SSSR count). The molecule has 0 bridgehead atoms. The summed E-state index contributed by atoms with van der Waals surface area (Å²) in [6.07, 6.45) is 0. The summed E-state index contributed by atoms with van der Waals surface area (Å²) in [6.45, 7) is 6.05. The van der Waals surface area contributed by atoms with E-state index in [1.807, 2.05) is 61.5 Å². The molecule has 0 saturated heterocycles. The fourth-order valence-corrected chi connectivity index (χ4v) is 3.07. The van der Waals surface area contributed by atoms with E-state index in [1.54, 1.807) is 0 Å². The molecule has 0 aromatic heterocycles. The highest BCUT2D eigenvalue weighted by molar-refractivity contribution is 9.10. The number of hydrogen-bond acceptors (Lipinski definition) is 3. The summed E-state index contributed by atoms with van der Waals surface area (Å²) in [7, 11) is 1.36. The van der Waals surface area contributed by atoms with E-state index >= 15 is 0 Å². The molecule has 122 valence electrons. The summed E-state index contributed by atoms with van der Waals surface area (Å²) in [5, 5.41) is 0. The predicted molar refractivity (Wildman–Crippen MR) is 97.1 cm³/mol. The molecule has 0 radical (unpaired) electrons. The molecule has 0 amide bonds. The number of hydrogen-bond donors (Lipinski definition) is 0. The summed E-state index contributed by atoms with van der Waals surface area (Å²) >= 11 is 3.43. The van der Waals surface area contributed by atoms with Gasteiger partial charge in [0, 0.05) is 15.6 Å². The molecule has 0 N–H and O–H groups in total. The van der Waals surface area contributed by atoms with Crippen molar-refractivity contribution in [2.75, 3.05) is 7.11 Å². The Kier molecular flexibility index (Phi) is 4.33. The van der Waals surface area contributed by atoms with Gasteiger partial charge in [0.15, 0.2) is 5.60 Å². The second-order valence-electron chi connectivity index (χ2n) is 5.68. The van der Waals surface area contributed by atoms with Gasteiger partial charge < -0.3 is 9.47 Å². The second-order valence-corrected chi connectivity index (χ2v) is 6.60. The lowest BCUT2D eigenvalue weighted by atomic mass is 9.86. The zero-order valence-electron chi connectivity index (χ0n) is 13.5. The van der Waals surface area contributed by atoms with Crippen molar-refractivity contribution in [2.24, 2.45) is 0 Å². The topological polar surface area (TPSA) is 35.5 Å². The van der Waals surface area contributed by atoms with Crippen molar-refractivity contribution in [3.05, 3.63) is 87.9 Å². The molecule has 4 heteroatoms. The van der Waals surface area contributed by atoms with Crippen LogP contribution in [0.25, 0.3) is 5.76 Å². The number of halogens is 1. The van der Waals surface area contributed by atoms with Gasteiger partial charge in [-0.25, -0.2) is 4.79 Å². The first-order valence-corrected chi connectivity index (χ1v) is 8.29. The average molecular weight is 385 g/mol. The monoisotopic (exact) mass is 384 g/mol. The third kappa shape index (κ3) is 2.67. The zero-order chi connectivity index (χ0) is 17.3. The molecule has 24 heavy (non-hydrogen) atoms. The van der Waals surface area contributed by atoms with Crippen LogP contribution in [0.1, 0.15) is 18.1 Å². The van der Waals surface area contributed by atoms with Crippen LogP contribution >= 0.6 is 15.9 Å². The van der Waals surface area contributed by atoms with Crippen molar-refractivity contribution in [3.63, 3.8) is 0 Å². The molecule has 1 aliphatic rings. The number of carbonyl (C=O) groups excluding carboxylic acids is 1. The van der Waals surface area contributed by atoms with Crippen LogP contribution in [-0.2, 0) is 19.9 Å². The first-order valence-electron chi connectivity index (χ1n) is 7.50. The maximum atomic E-state index is 12.4. The van der Waals surface area contributed by atoms with E-state index in [2.05, 4.69) is 22.5 Å². The lowest BCUT2D eigenvalue weighted by molar-refractivity contribution is -0.135. The van der Waals surface area contributed by atoms with Gasteiger partial charge >= 0.3 is 5.97 Å². The van der Waals surface area contributed by atoms with E-state index in [0.717, 1.165) is 15.6 Å². The van der Waals surface area contributed by atoms with Gasteiger partial charge in [-0.05, 0) is 24.6 Å². The zero-order valence-corrected chi connectivity index (χ0v) is 15.1. The Labute approximate surface area is 149 Å². The Bertz CT molecular complexity index is 822. The van der Waals surface area contributed by atoms with Gasteiger partial charge in [-0.1, -0.05) is 65.0 Å². The highest BCUT2D eigenvalue weighted by atomic mass is 79.9. The van der Waals surface area contributed by atoms with E-state index < -0.39 is 11.6 Å². The normalized spacial score (nSPS) is 20.0. The molecular formula is C20H17BrO3. The molecule has 1 aliphatic heterocycles. The third-order valence-corrected chi connectivity index (χ3v) is 4.76. The molecule has 0 saturated carbocycles. The van der Waals surface area contributed by atoms with Gasteiger partial charge in [0.25, 0.3) is 0 Å². The van der Waals surface area contributed by atoms with Crippen molar-refractivity contribution < 1.29 is 14.3 Å². The van der Waals surface area contributed by atoms with Gasteiger partial charge in [-0.15, -0.1) is 0 Å². The number of esters is 1. The lowest BCUT2D eigenvalue weighted by Gasteiger charge is -2.27. The molecule has 1 atom stereocenters. The molecule has 1 heterocycles. The Hall–Kier alpha value is -2.33. The van der Waals surface area contributed by atoms with E-state index in [9.17, 15) is 4.79 Å². The standard InChI is InChI=1S/C20H17BrO3/c1-13-17(19(22)23-3)18(14-7-5-4-6-8-14)24-20(13,2)15-9-11-16(21)12-10-15/h4-12H,1H2,2-3H3/t20-/m1/s1.